The summed E-state index contributed by atoms with van der Waals surface area (Å²) in [6, 6.07) is 16.9. The van der Waals surface area contributed by atoms with E-state index in [0.717, 1.165) is 11.1 Å². The monoisotopic (exact) mass is 343 g/mol. The average molecular weight is 344 g/mol. The lowest BCUT2D eigenvalue weighted by molar-refractivity contribution is -0.126. The number of carbonyl (C=O) groups is 2. The van der Waals surface area contributed by atoms with Gasteiger partial charge in [0.15, 0.2) is 0 Å². The van der Waals surface area contributed by atoms with Gasteiger partial charge in [0.25, 0.3) is 0 Å². The standard InChI is InChI=1S/C18H18ClN3O2/c19-15-8-6-14(7-9-15)17(13-4-2-1-3-5-13)21-12-16(23)22-11-10-20-18(22)24/h1-9,17,21H,10-12H2,(H,20,24). The number of rotatable bonds is 5. The third-order valence-electron chi connectivity index (χ3n) is 3.95. The highest BCUT2D eigenvalue weighted by atomic mass is 35.5. The van der Waals surface area contributed by atoms with E-state index >= 15 is 0 Å². The summed E-state index contributed by atoms with van der Waals surface area (Å²) in [7, 11) is 0. The van der Waals surface area contributed by atoms with Gasteiger partial charge in [-0.25, -0.2) is 4.79 Å². The van der Waals surface area contributed by atoms with Gasteiger partial charge in [0, 0.05) is 18.1 Å². The third-order valence-corrected chi connectivity index (χ3v) is 4.20. The van der Waals surface area contributed by atoms with Crippen molar-refractivity contribution in [1.29, 1.82) is 0 Å². The van der Waals surface area contributed by atoms with E-state index in [-0.39, 0.29) is 24.5 Å². The van der Waals surface area contributed by atoms with Gasteiger partial charge in [0.1, 0.15) is 0 Å². The van der Waals surface area contributed by atoms with Crippen LogP contribution in [0.25, 0.3) is 0 Å². The van der Waals surface area contributed by atoms with Crippen LogP contribution in [-0.4, -0.2) is 36.5 Å². The van der Waals surface area contributed by atoms with E-state index in [1.54, 1.807) is 0 Å². The minimum absolute atomic E-state index is 0.0790. The van der Waals surface area contributed by atoms with E-state index < -0.39 is 0 Å². The lowest BCUT2D eigenvalue weighted by Crippen LogP contribution is -2.41. The van der Waals surface area contributed by atoms with Crippen LogP contribution in [0.2, 0.25) is 5.02 Å². The highest BCUT2D eigenvalue weighted by molar-refractivity contribution is 6.30. The van der Waals surface area contributed by atoms with Crippen molar-refractivity contribution in [2.75, 3.05) is 19.6 Å². The zero-order chi connectivity index (χ0) is 16.9. The molecule has 0 aliphatic carbocycles. The largest absolute Gasteiger partial charge is 0.336 e. The summed E-state index contributed by atoms with van der Waals surface area (Å²) in [6.07, 6.45) is 0. The van der Waals surface area contributed by atoms with Crippen LogP contribution in [0.1, 0.15) is 17.2 Å². The molecule has 0 spiro atoms. The Morgan fingerprint density at radius 2 is 1.79 bits per heavy atom. The molecule has 6 heteroatoms. The highest BCUT2D eigenvalue weighted by Crippen LogP contribution is 2.23. The Kier molecular flexibility index (Phi) is 5.13. The summed E-state index contributed by atoms with van der Waals surface area (Å²) >= 11 is 5.97. The molecule has 1 unspecified atom stereocenters. The SMILES string of the molecule is O=C(CNC(c1ccccc1)c1ccc(Cl)cc1)N1CCNC1=O. The van der Waals surface area contributed by atoms with Crippen molar-refractivity contribution >= 4 is 23.5 Å². The zero-order valence-corrected chi connectivity index (χ0v) is 13.8. The molecule has 2 aromatic rings. The number of nitrogens with one attached hydrogen (secondary N) is 2. The van der Waals surface area contributed by atoms with Crippen molar-refractivity contribution in [3.05, 3.63) is 70.7 Å². The number of hydrogen-bond acceptors (Lipinski definition) is 3. The van der Waals surface area contributed by atoms with Crippen LogP contribution in [-0.2, 0) is 4.79 Å². The van der Waals surface area contributed by atoms with Crippen molar-refractivity contribution in [3.8, 4) is 0 Å². The Morgan fingerprint density at radius 3 is 2.42 bits per heavy atom. The van der Waals surface area contributed by atoms with Crippen LogP contribution in [0.3, 0.4) is 0 Å². The molecule has 0 saturated carbocycles. The minimum atomic E-state index is -0.329. The fourth-order valence-electron chi connectivity index (χ4n) is 2.72. The lowest BCUT2D eigenvalue weighted by Gasteiger charge is -2.21. The number of benzene rings is 2. The number of urea groups is 1. The highest BCUT2D eigenvalue weighted by Gasteiger charge is 2.26. The van der Waals surface area contributed by atoms with Gasteiger partial charge in [-0.05, 0) is 23.3 Å². The molecule has 124 valence electrons. The molecule has 1 aliphatic heterocycles. The summed E-state index contributed by atoms with van der Waals surface area (Å²) in [6.45, 7) is 0.996. The molecule has 0 aromatic heterocycles. The van der Waals surface area contributed by atoms with E-state index in [4.69, 9.17) is 11.6 Å². The van der Waals surface area contributed by atoms with Crippen molar-refractivity contribution in [3.63, 3.8) is 0 Å². The van der Waals surface area contributed by atoms with Crippen LogP contribution < -0.4 is 10.6 Å². The number of amides is 3. The predicted molar refractivity (Wildman–Crippen MR) is 92.9 cm³/mol. The van der Waals surface area contributed by atoms with Crippen LogP contribution in [0.4, 0.5) is 4.79 Å². The first-order chi connectivity index (χ1) is 11.6. The van der Waals surface area contributed by atoms with E-state index in [2.05, 4.69) is 10.6 Å². The average Bonchev–Trinajstić information content (AvgIpc) is 3.03. The van der Waals surface area contributed by atoms with Crippen LogP contribution in [0, 0.1) is 0 Å². The number of hydrogen-bond donors (Lipinski definition) is 2. The normalized spacial score (nSPS) is 15.2. The first kappa shape index (κ1) is 16.5. The predicted octanol–water partition coefficient (Wildman–Crippen LogP) is 2.57. The summed E-state index contributed by atoms with van der Waals surface area (Å²) in [4.78, 5) is 25.1. The fourth-order valence-corrected chi connectivity index (χ4v) is 2.85. The summed E-state index contributed by atoms with van der Waals surface area (Å²) < 4.78 is 0. The Bertz CT molecular complexity index is 719. The second kappa shape index (κ2) is 7.47. The van der Waals surface area contributed by atoms with Crippen molar-refractivity contribution in [2.24, 2.45) is 0 Å². The molecular formula is C18H18ClN3O2. The van der Waals surface area contributed by atoms with Crippen molar-refractivity contribution < 1.29 is 9.59 Å². The molecule has 2 N–H and O–H groups in total. The van der Waals surface area contributed by atoms with Gasteiger partial charge in [-0.3, -0.25) is 15.0 Å². The van der Waals surface area contributed by atoms with Crippen molar-refractivity contribution in [2.45, 2.75) is 6.04 Å². The molecule has 3 amide bonds. The van der Waals surface area contributed by atoms with Gasteiger partial charge in [0.05, 0.1) is 12.6 Å². The Labute approximate surface area is 145 Å². The maximum absolute atomic E-state index is 12.3. The van der Waals surface area contributed by atoms with Crippen LogP contribution in [0.5, 0.6) is 0 Å². The molecule has 1 saturated heterocycles. The molecule has 1 atom stereocenters. The maximum Gasteiger partial charge on any atom is 0.324 e. The van der Waals surface area contributed by atoms with Crippen LogP contribution >= 0.6 is 11.6 Å². The Morgan fingerprint density at radius 1 is 1.12 bits per heavy atom. The molecule has 0 radical (unpaired) electrons. The topological polar surface area (TPSA) is 61.4 Å². The smallest absolute Gasteiger partial charge is 0.324 e. The molecule has 0 bridgehead atoms. The minimum Gasteiger partial charge on any atom is -0.336 e. The molecule has 1 heterocycles. The van der Waals surface area contributed by atoms with Gasteiger partial charge >= 0.3 is 6.03 Å². The van der Waals surface area contributed by atoms with E-state index in [0.29, 0.717) is 18.1 Å². The Hall–Kier alpha value is -2.37. The number of nitrogens with zero attached hydrogens (tertiary/aromatic N) is 1. The maximum atomic E-state index is 12.3. The first-order valence-electron chi connectivity index (χ1n) is 7.77. The lowest BCUT2D eigenvalue weighted by atomic mass is 9.99. The molecule has 24 heavy (non-hydrogen) atoms. The van der Waals surface area contributed by atoms with Gasteiger partial charge in [-0.1, -0.05) is 54.1 Å². The molecule has 3 rings (SSSR count). The molecule has 1 aliphatic rings. The van der Waals surface area contributed by atoms with E-state index in [1.807, 2.05) is 54.6 Å². The van der Waals surface area contributed by atoms with Gasteiger partial charge < -0.3 is 5.32 Å². The molecular weight excluding hydrogens is 326 g/mol. The number of imide groups is 1. The fraction of sp³-hybridized carbons (Fsp3) is 0.222. The summed E-state index contributed by atoms with van der Waals surface area (Å²) in [5.41, 5.74) is 2.04. The van der Waals surface area contributed by atoms with Gasteiger partial charge in [-0.2, -0.15) is 0 Å². The Balaban J connectivity index is 1.76. The quantitative estimate of drug-likeness (QED) is 0.877. The van der Waals surface area contributed by atoms with E-state index in [1.165, 1.54) is 4.90 Å². The summed E-state index contributed by atoms with van der Waals surface area (Å²) in [5, 5.41) is 6.55. The second-order valence-corrected chi connectivity index (χ2v) is 5.99. The van der Waals surface area contributed by atoms with Crippen LogP contribution in [0.15, 0.2) is 54.6 Å². The number of carbonyl (C=O) groups excluding carboxylic acids is 2. The van der Waals surface area contributed by atoms with Gasteiger partial charge in [-0.15, -0.1) is 0 Å². The zero-order valence-electron chi connectivity index (χ0n) is 13.0. The molecule has 5 nitrogen and oxygen atoms in total. The van der Waals surface area contributed by atoms with Crippen molar-refractivity contribution in [1.82, 2.24) is 15.5 Å². The molecule has 1 fully saturated rings. The third kappa shape index (κ3) is 3.75. The first-order valence-corrected chi connectivity index (χ1v) is 8.15. The number of halogens is 1. The second-order valence-electron chi connectivity index (χ2n) is 5.55. The summed E-state index contributed by atoms with van der Waals surface area (Å²) in [5.74, 6) is -0.236. The molecule has 2 aromatic carbocycles. The van der Waals surface area contributed by atoms with E-state index in [9.17, 15) is 9.59 Å². The van der Waals surface area contributed by atoms with Gasteiger partial charge in [0.2, 0.25) is 5.91 Å².